The van der Waals surface area contributed by atoms with Gasteiger partial charge in [-0.1, -0.05) is 26.7 Å². The average Bonchev–Trinajstić information content (AvgIpc) is 2.63. The van der Waals surface area contributed by atoms with Crippen LogP contribution < -0.4 is 0 Å². The van der Waals surface area contributed by atoms with E-state index in [1.165, 1.54) is 22.8 Å². The van der Waals surface area contributed by atoms with Crippen LogP contribution in [0.3, 0.4) is 0 Å². The Bertz CT molecular complexity index is 299. The molecule has 0 aliphatic heterocycles. The van der Waals surface area contributed by atoms with Crippen LogP contribution in [-0.4, -0.2) is 16.4 Å². The fourth-order valence-corrected chi connectivity index (χ4v) is 1.97. The SMILES string of the molecule is CCCCOCc1nn(CCCC)cc1I. The predicted molar refractivity (Wildman–Crippen MR) is 74.4 cm³/mol. The number of nitrogens with zero attached hydrogens (tertiary/aromatic N) is 2. The lowest BCUT2D eigenvalue weighted by Gasteiger charge is -2.01. The zero-order valence-electron chi connectivity index (χ0n) is 10.2. The molecule has 0 aromatic carbocycles. The third kappa shape index (κ3) is 4.82. The van der Waals surface area contributed by atoms with Crippen LogP contribution in [0.15, 0.2) is 6.20 Å². The molecule has 0 aliphatic carbocycles. The fourth-order valence-electron chi connectivity index (χ4n) is 1.38. The summed E-state index contributed by atoms with van der Waals surface area (Å²) in [5, 5.41) is 4.53. The zero-order chi connectivity index (χ0) is 11.8. The van der Waals surface area contributed by atoms with Gasteiger partial charge in [-0.05, 0) is 35.4 Å². The van der Waals surface area contributed by atoms with Gasteiger partial charge >= 0.3 is 0 Å². The second-order valence-electron chi connectivity index (χ2n) is 3.95. The van der Waals surface area contributed by atoms with Gasteiger partial charge in [0.25, 0.3) is 0 Å². The summed E-state index contributed by atoms with van der Waals surface area (Å²) in [6.07, 6.45) is 6.82. The van der Waals surface area contributed by atoms with Crippen molar-refractivity contribution in [3.63, 3.8) is 0 Å². The summed E-state index contributed by atoms with van der Waals surface area (Å²) in [6.45, 7) is 6.88. The standard InChI is InChI=1S/C12H21IN2O/c1-3-5-7-15-9-11(13)12(14-15)10-16-8-6-4-2/h9H,3-8,10H2,1-2H3. The maximum absolute atomic E-state index is 5.58. The summed E-state index contributed by atoms with van der Waals surface area (Å²) >= 11 is 2.33. The van der Waals surface area contributed by atoms with Gasteiger partial charge in [0.2, 0.25) is 0 Å². The van der Waals surface area contributed by atoms with E-state index in [4.69, 9.17) is 4.74 Å². The number of unbranched alkanes of at least 4 members (excludes halogenated alkanes) is 2. The van der Waals surface area contributed by atoms with Gasteiger partial charge in [0.05, 0.1) is 10.2 Å². The molecule has 0 saturated carbocycles. The highest BCUT2D eigenvalue weighted by molar-refractivity contribution is 14.1. The summed E-state index contributed by atoms with van der Waals surface area (Å²) in [4.78, 5) is 0. The van der Waals surface area contributed by atoms with Gasteiger partial charge in [-0.3, -0.25) is 4.68 Å². The molecule has 0 bridgehead atoms. The maximum atomic E-state index is 5.58. The molecule has 1 aromatic rings. The van der Waals surface area contributed by atoms with Crippen molar-refractivity contribution >= 4 is 22.6 Å². The highest BCUT2D eigenvalue weighted by Crippen LogP contribution is 2.12. The van der Waals surface area contributed by atoms with Gasteiger partial charge in [-0.25, -0.2) is 0 Å². The lowest BCUT2D eigenvalue weighted by molar-refractivity contribution is 0.114. The summed E-state index contributed by atoms with van der Waals surface area (Å²) in [6, 6.07) is 0. The molecule has 1 aromatic heterocycles. The average molecular weight is 336 g/mol. The van der Waals surface area contributed by atoms with Crippen molar-refractivity contribution in [3.8, 4) is 0 Å². The van der Waals surface area contributed by atoms with Crippen molar-refractivity contribution in [2.45, 2.75) is 52.7 Å². The molecule has 0 N–H and O–H groups in total. The molecule has 16 heavy (non-hydrogen) atoms. The Morgan fingerprint density at radius 1 is 1.31 bits per heavy atom. The molecule has 92 valence electrons. The van der Waals surface area contributed by atoms with Crippen LogP contribution in [0, 0.1) is 3.57 Å². The maximum Gasteiger partial charge on any atom is 0.101 e. The van der Waals surface area contributed by atoms with Gasteiger partial charge in [0, 0.05) is 19.3 Å². The number of hydrogen-bond acceptors (Lipinski definition) is 2. The van der Waals surface area contributed by atoms with Crippen LogP contribution >= 0.6 is 22.6 Å². The van der Waals surface area contributed by atoms with Crippen molar-refractivity contribution in [3.05, 3.63) is 15.5 Å². The van der Waals surface area contributed by atoms with Crippen molar-refractivity contribution < 1.29 is 4.74 Å². The van der Waals surface area contributed by atoms with E-state index >= 15 is 0 Å². The molecular formula is C12H21IN2O. The van der Waals surface area contributed by atoms with E-state index < -0.39 is 0 Å². The Morgan fingerprint density at radius 2 is 2.06 bits per heavy atom. The largest absolute Gasteiger partial charge is 0.375 e. The number of rotatable bonds is 8. The number of hydrogen-bond donors (Lipinski definition) is 0. The predicted octanol–water partition coefficient (Wildman–Crippen LogP) is 3.60. The number of halogens is 1. The second-order valence-corrected chi connectivity index (χ2v) is 5.11. The summed E-state index contributed by atoms with van der Waals surface area (Å²) in [5.74, 6) is 0. The van der Waals surface area contributed by atoms with Crippen molar-refractivity contribution in [1.29, 1.82) is 0 Å². The van der Waals surface area contributed by atoms with E-state index in [1.807, 2.05) is 4.68 Å². The van der Waals surface area contributed by atoms with E-state index in [2.05, 4.69) is 47.7 Å². The smallest absolute Gasteiger partial charge is 0.101 e. The monoisotopic (exact) mass is 336 g/mol. The molecule has 1 heterocycles. The van der Waals surface area contributed by atoms with Crippen molar-refractivity contribution in [2.75, 3.05) is 6.61 Å². The zero-order valence-corrected chi connectivity index (χ0v) is 12.4. The van der Waals surface area contributed by atoms with Crippen LogP contribution in [-0.2, 0) is 17.9 Å². The molecule has 0 spiro atoms. The van der Waals surface area contributed by atoms with E-state index in [0.717, 1.165) is 25.3 Å². The first-order chi connectivity index (χ1) is 7.77. The molecule has 0 unspecified atom stereocenters. The first-order valence-electron chi connectivity index (χ1n) is 6.07. The van der Waals surface area contributed by atoms with Crippen LogP contribution in [0.5, 0.6) is 0 Å². The molecule has 0 amide bonds. The van der Waals surface area contributed by atoms with Crippen molar-refractivity contribution in [2.24, 2.45) is 0 Å². The van der Waals surface area contributed by atoms with Gasteiger partial charge in [-0.2, -0.15) is 5.10 Å². The van der Waals surface area contributed by atoms with E-state index in [1.54, 1.807) is 0 Å². The number of ether oxygens (including phenoxy) is 1. The molecule has 0 aliphatic rings. The summed E-state index contributed by atoms with van der Waals surface area (Å²) in [5.41, 5.74) is 1.08. The van der Waals surface area contributed by atoms with Gasteiger partial charge < -0.3 is 4.74 Å². The minimum absolute atomic E-state index is 0.650. The fraction of sp³-hybridized carbons (Fsp3) is 0.750. The van der Waals surface area contributed by atoms with E-state index in [9.17, 15) is 0 Å². The highest BCUT2D eigenvalue weighted by Gasteiger charge is 2.05. The first kappa shape index (κ1) is 14.0. The van der Waals surface area contributed by atoms with Crippen molar-refractivity contribution in [1.82, 2.24) is 9.78 Å². The lowest BCUT2D eigenvalue weighted by Crippen LogP contribution is -2.01. The Labute approximate surface area is 112 Å². The van der Waals surface area contributed by atoms with Gasteiger partial charge in [-0.15, -0.1) is 0 Å². The minimum Gasteiger partial charge on any atom is -0.375 e. The summed E-state index contributed by atoms with van der Waals surface area (Å²) < 4.78 is 8.82. The summed E-state index contributed by atoms with van der Waals surface area (Å²) in [7, 11) is 0. The Hall–Kier alpha value is -0.100. The highest BCUT2D eigenvalue weighted by atomic mass is 127. The molecule has 1 rings (SSSR count). The molecule has 3 nitrogen and oxygen atoms in total. The van der Waals surface area contributed by atoms with Crippen LogP contribution in [0.25, 0.3) is 0 Å². The normalized spacial score (nSPS) is 10.9. The van der Waals surface area contributed by atoms with Gasteiger partial charge in [0.15, 0.2) is 0 Å². The Morgan fingerprint density at radius 3 is 2.75 bits per heavy atom. The number of aryl methyl sites for hydroxylation is 1. The van der Waals surface area contributed by atoms with Crippen LogP contribution in [0.4, 0.5) is 0 Å². The van der Waals surface area contributed by atoms with E-state index in [-0.39, 0.29) is 0 Å². The molecule has 0 radical (unpaired) electrons. The quantitative estimate of drug-likeness (QED) is 0.536. The molecule has 0 fully saturated rings. The van der Waals surface area contributed by atoms with Gasteiger partial charge in [0.1, 0.15) is 5.69 Å². The lowest BCUT2D eigenvalue weighted by atomic mass is 10.3. The topological polar surface area (TPSA) is 27.1 Å². The van der Waals surface area contributed by atoms with Crippen LogP contribution in [0.2, 0.25) is 0 Å². The molecule has 0 saturated heterocycles. The number of aromatic nitrogens is 2. The third-order valence-corrected chi connectivity index (χ3v) is 3.31. The Balaban J connectivity index is 2.37. The second kappa shape index (κ2) is 8.06. The third-order valence-electron chi connectivity index (χ3n) is 2.41. The minimum atomic E-state index is 0.650. The molecule has 0 atom stereocenters. The molecular weight excluding hydrogens is 315 g/mol. The molecule has 4 heteroatoms. The van der Waals surface area contributed by atoms with Crippen LogP contribution in [0.1, 0.15) is 45.2 Å². The van der Waals surface area contributed by atoms with E-state index in [0.29, 0.717) is 6.61 Å². The first-order valence-corrected chi connectivity index (χ1v) is 7.15. The Kier molecular flexibility index (Phi) is 7.03.